The minimum atomic E-state index is 0.807. The van der Waals surface area contributed by atoms with Gasteiger partial charge in [-0.15, -0.1) is 0 Å². The Balaban J connectivity index is 1.62. The molecule has 3 heterocycles. The summed E-state index contributed by atoms with van der Waals surface area (Å²) in [7, 11) is 1.85. The molecule has 7 heteroatoms. The molecule has 112 valence electrons. The third kappa shape index (κ3) is 3.56. The van der Waals surface area contributed by atoms with Crippen LogP contribution in [0.2, 0.25) is 0 Å². The van der Waals surface area contributed by atoms with Gasteiger partial charge in [-0.25, -0.2) is 9.97 Å². The Hall–Kier alpha value is -1.99. The lowest BCUT2D eigenvalue weighted by Crippen LogP contribution is -2.38. The van der Waals surface area contributed by atoms with E-state index >= 15 is 0 Å². The molecule has 0 saturated carbocycles. The summed E-state index contributed by atoms with van der Waals surface area (Å²) in [5.74, 6) is 0.807. The second-order valence-corrected chi connectivity index (χ2v) is 4.98. The van der Waals surface area contributed by atoms with Crippen LogP contribution in [0.3, 0.4) is 0 Å². The van der Waals surface area contributed by atoms with E-state index in [1.54, 1.807) is 6.33 Å². The normalized spacial score (nSPS) is 16.0. The quantitative estimate of drug-likeness (QED) is 0.874. The van der Waals surface area contributed by atoms with Crippen LogP contribution in [-0.4, -0.2) is 64.5 Å². The van der Waals surface area contributed by atoms with Crippen LogP contribution in [-0.2, 0) is 11.3 Å². The van der Waals surface area contributed by atoms with Crippen molar-refractivity contribution in [3.63, 3.8) is 0 Å². The van der Waals surface area contributed by atoms with E-state index in [0.717, 1.165) is 56.5 Å². The van der Waals surface area contributed by atoms with E-state index in [0.29, 0.717) is 0 Å². The molecule has 0 amide bonds. The highest BCUT2D eigenvalue weighted by molar-refractivity contribution is 5.60. The topological polar surface area (TPSA) is 68.1 Å². The van der Waals surface area contributed by atoms with Gasteiger partial charge in [0.05, 0.1) is 31.6 Å². The first-order valence-corrected chi connectivity index (χ1v) is 7.18. The Labute approximate surface area is 124 Å². The van der Waals surface area contributed by atoms with Gasteiger partial charge in [0.15, 0.2) is 0 Å². The third-order valence-corrected chi connectivity index (χ3v) is 3.60. The smallest absolute Gasteiger partial charge is 0.129 e. The van der Waals surface area contributed by atoms with Crippen molar-refractivity contribution in [3.8, 4) is 11.3 Å². The van der Waals surface area contributed by atoms with Gasteiger partial charge < -0.3 is 10.1 Å². The molecule has 0 atom stereocenters. The zero-order chi connectivity index (χ0) is 14.5. The molecule has 7 nitrogen and oxygen atoms in total. The van der Waals surface area contributed by atoms with Gasteiger partial charge >= 0.3 is 0 Å². The number of nitrogens with zero attached hydrogens (tertiary/aromatic N) is 5. The largest absolute Gasteiger partial charge is 0.379 e. The molecule has 0 aliphatic carbocycles. The van der Waals surface area contributed by atoms with Crippen molar-refractivity contribution in [2.75, 3.05) is 45.2 Å². The van der Waals surface area contributed by atoms with E-state index in [1.807, 2.05) is 30.2 Å². The molecule has 1 saturated heterocycles. The third-order valence-electron chi connectivity index (χ3n) is 3.60. The molecule has 21 heavy (non-hydrogen) atoms. The predicted octanol–water partition coefficient (Wildman–Crippen LogP) is 0.714. The highest BCUT2D eigenvalue weighted by Crippen LogP contribution is 2.17. The van der Waals surface area contributed by atoms with Gasteiger partial charge in [0, 0.05) is 44.5 Å². The molecule has 0 radical (unpaired) electrons. The fourth-order valence-corrected chi connectivity index (χ4v) is 2.34. The molecular weight excluding hydrogens is 268 g/mol. The van der Waals surface area contributed by atoms with E-state index in [9.17, 15) is 0 Å². The molecular formula is C14H20N6O. The van der Waals surface area contributed by atoms with E-state index in [-0.39, 0.29) is 0 Å². The van der Waals surface area contributed by atoms with Crippen LogP contribution in [0.5, 0.6) is 0 Å². The fourth-order valence-electron chi connectivity index (χ4n) is 2.34. The van der Waals surface area contributed by atoms with Gasteiger partial charge in [0.1, 0.15) is 12.1 Å². The molecule has 1 aliphatic rings. The number of aromatic nitrogens is 4. The molecule has 1 N–H and O–H groups in total. The molecule has 1 aliphatic heterocycles. The number of rotatable bonds is 5. The Morgan fingerprint density at radius 1 is 1.24 bits per heavy atom. The molecule has 0 aromatic carbocycles. The number of ether oxygens (including phenoxy) is 1. The summed E-state index contributed by atoms with van der Waals surface area (Å²) < 4.78 is 7.32. The summed E-state index contributed by atoms with van der Waals surface area (Å²) in [4.78, 5) is 10.8. The molecule has 2 aromatic heterocycles. The first-order chi connectivity index (χ1) is 10.3. The Kier molecular flexibility index (Phi) is 4.42. The highest BCUT2D eigenvalue weighted by atomic mass is 16.5. The standard InChI is InChI=1S/C14H20N6O/c1-15-14-8-13(16-11-17-14)12-9-18-20(10-12)3-2-19-4-6-21-7-5-19/h8-11H,2-7H2,1H3,(H,15,16,17). The Morgan fingerprint density at radius 2 is 2.10 bits per heavy atom. The van der Waals surface area contributed by atoms with Gasteiger partial charge in [-0.2, -0.15) is 5.10 Å². The van der Waals surface area contributed by atoms with Crippen LogP contribution in [0, 0.1) is 0 Å². The summed E-state index contributed by atoms with van der Waals surface area (Å²) in [6, 6.07) is 1.92. The van der Waals surface area contributed by atoms with Gasteiger partial charge in [-0.1, -0.05) is 0 Å². The van der Waals surface area contributed by atoms with Crippen LogP contribution in [0.25, 0.3) is 11.3 Å². The molecule has 1 fully saturated rings. The van der Waals surface area contributed by atoms with Crippen LogP contribution in [0.1, 0.15) is 0 Å². The highest BCUT2D eigenvalue weighted by Gasteiger charge is 2.10. The second kappa shape index (κ2) is 6.64. The lowest BCUT2D eigenvalue weighted by molar-refractivity contribution is 0.0360. The van der Waals surface area contributed by atoms with Gasteiger partial charge in [-0.05, 0) is 0 Å². The van der Waals surface area contributed by atoms with Crippen molar-refractivity contribution in [2.24, 2.45) is 0 Å². The SMILES string of the molecule is CNc1cc(-c2cnn(CCN3CCOCC3)c2)ncn1. The molecule has 0 spiro atoms. The van der Waals surface area contributed by atoms with Crippen molar-refractivity contribution in [1.29, 1.82) is 0 Å². The minimum absolute atomic E-state index is 0.807. The summed E-state index contributed by atoms with van der Waals surface area (Å²) in [6.07, 6.45) is 5.44. The van der Waals surface area contributed by atoms with Crippen molar-refractivity contribution < 1.29 is 4.74 Å². The van der Waals surface area contributed by atoms with E-state index < -0.39 is 0 Å². The maximum absolute atomic E-state index is 5.35. The number of hydrogen-bond acceptors (Lipinski definition) is 6. The summed E-state index contributed by atoms with van der Waals surface area (Å²) in [5, 5.41) is 7.43. The van der Waals surface area contributed by atoms with Crippen LogP contribution < -0.4 is 5.32 Å². The Morgan fingerprint density at radius 3 is 2.90 bits per heavy atom. The van der Waals surface area contributed by atoms with Crippen LogP contribution >= 0.6 is 0 Å². The van der Waals surface area contributed by atoms with Crippen molar-refractivity contribution in [1.82, 2.24) is 24.6 Å². The van der Waals surface area contributed by atoms with Gasteiger partial charge in [0.25, 0.3) is 0 Å². The zero-order valence-corrected chi connectivity index (χ0v) is 12.2. The number of hydrogen-bond donors (Lipinski definition) is 1. The second-order valence-electron chi connectivity index (χ2n) is 4.98. The average molecular weight is 288 g/mol. The number of morpholine rings is 1. The molecule has 0 bridgehead atoms. The van der Waals surface area contributed by atoms with E-state index in [1.165, 1.54) is 0 Å². The van der Waals surface area contributed by atoms with Crippen molar-refractivity contribution in [3.05, 3.63) is 24.8 Å². The first kappa shape index (κ1) is 14.0. The molecule has 3 rings (SSSR count). The first-order valence-electron chi connectivity index (χ1n) is 7.18. The Bertz CT molecular complexity index is 578. The van der Waals surface area contributed by atoms with E-state index in [4.69, 9.17) is 4.74 Å². The summed E-state index contributed by atoms with van der Waals surface area (Å²) >= 11 is 0. The minimum Gasteiger partial charge on any atom is -0.379 e. The van der Waals surface area contributed by atoms with Crippen LogP contribution in [0.15, 0.2) is 24.8 Å². The predicted molar refractivity (Wildman–Crippen MR) is 80.1 cm³/mol. The van der Waals surface area contributed by atoms with E-state index in [2.05, 4.69) is 25.3 Å². The van der Waals surface area contributed by atoms with Gasteiger partial charge in [0.2, 0.25) is 0 Å². The monoisotopic (exact) mass is 288 g/mol. The van der Waals surface area contributed by atoms with Crippen LogP contribution in [0.4, 0.5) is 5.82 Å². The molecule has 2 aromatic rings. The number of nitrogens with one attached hydrogen (secondary N) is 1. The van der Waals surface area contributed by atoms with Crippen molar-refractivity contribution >= 4 is 5.82 Å². The maximum Gasteiger partial charge on any atom is 0.129 e. The summed E-state index contributed by atoms with van der Waals surface area (Å²) in [6.45, 7) is 5.55. The zero-order valence-electron chi connectivity index (χ0n) is 12.2. The lowest BCUT2D eigenvalue weighted by atomic mass is 10.2. The fraction of sp³-hybridized carbons (Fsp3) is 0.500. The average Bonchev–Trinajstić information content (AvgIpc) is 3.03. The number of anilines is 1. The molecule has 0 unspecified atom stereocenters. The summed E-state index contributed by atoms with van der Waals surface area (Å²) in [5.41, 5.74) is 1.89. The lowest BCUT2D eigenvalue weighted by Gasteiger charge is -2.26. The van der Waals surface area contributed by atoms with Crippen molar-refractivity contribution in [2.45, 2.75) is 6.54 Å². The van der Waals surface area contributed by atoms with Gasteiger partial charge in [-0.3, -0.25) is 9.58 Å². The maximum atomic E-state index is 5.35.